The summed E-state index contributed by atoms with van der Waals surface area (Å²) in [6.07, 6.45) is 0. The van der Waals surface area contributed by atoms with E-state index in [4.69, 9.17) is 0 Å². The van der Waals surface area contributed by atoms with E-state index in [1.165, 1.54) is 6.07 Å². The van der Waals surface area contributed by atoms with Crippen molar-refractivity contribution in [3.63, 3.8) is 0 Å². The van der Waals surface area contributed by atoms with E-state index in [-0.39, 0.29) is 0 Å². The standard InChI is InChI=1S/C7H4F2NOS/c8-5-3-1-2-4(6(5)9)7(11)10-12/h1-3,12H/q+1. The van der Waals surface area contributed by atoms with Crippen LogP contribution in [0.15, 0.2) is 18.2 Å². The molecule has 0 fully saturated rings. The lowest BCUT2D eigenvalue weighted by Crippen LogP contribution is -2.09. The number of nitrogens with zero attached hydrogens (tertiary/aromatic N) is 1. The molecule has 0 heterocycles. The molecule has 0 atom stereocenters. The van der Waals surface area contributed by atoms with Gasteiger partial charge in [-0.25, -0.2) is 13.6 Å². The van der Waals surface area contributed by atoms with E-state index < -0.39 is 23.1 Å². The summed E-state index contributed by atoms with van der Waals surface area (Å²) in [6.45, 7) is 0. The van der Waals surface area contributed by atoms with Crippen LogP contribution in [0.25, 0.3) is 0 Å². The Morgan fingerprint density at radius 3 is 2.67 bits per heavy atom. The van der Waals surface area contributed by atoms with Crippen LogP contribution < -0.4 is 4.72 Å². The van der Waals surface area contributed by atoms with E-state index in [0.717, 1.165) is 12.1 Å². The van der Waals surface area contributed by atoms with E-state index >= 15 is 0 Å². The Balaban J connectivity index is 3.16. The largest absolute Gasteiger partial charge is 0.471 e. The van der Waals surface area contributed by atoms with Crippen LogP contribution in [0.4, 0.5) is 8.78 Å². The summed E-state index contributed by atoms with van der Waals surface area (Å²) in [4.78, 5) is 10.7. The Morgan fingerprint density at radius 2 is 2.08 bits per heavy atom. The minimum Gasteiger partial charge on any atom is -0.212 e. The number of carbonyl (C=O) groups excluding carboxylic acids is 1. The molecule has 0 aliphatic carbocycles. The summed E-state index contributed by atoms with van der Waals surface area (Å²) < 4.78 is 28.1. The second-order valence-electron chi connectivity index (χ2n) is 2.01. The van der Waals surface area contributed by atoms with Gasteiger partial charge in [0.2, 0.25) is 4.72 Å². The van der Waals surface area contributed by atoms with Gasteiger partial charge in [0.25, 0.3) is 0 Å². The van der Waals surface area contributed by atoms with Gasteiger partial charge in [-0.3, -0.25) is 0 Å². The fraction of sp³-hybridized carbons (Fsp3) is 0. The predicted molar refractivity (Wildman–Crippen MR) is 41.8 cm³/mol. The molecule has 1 rings (SSSR count). The van der Waals surface area contributed by atoms with Crippen LogP contribution in [-0.4, -0.2) is 5.91 Å². The average molecular weight is 188 g/mol. The minimum absolute atomic E-state index is 0.412. The zero-order valence-corrected chi connectivity index (χ0v) is 6.69. The van der Waals surface area contributed by atoms with Gasteiger partial charge in [0.05, 0.1) is 0 Å². The van der Waals surface area contributed by atoms with Crippen LogP contribution in [0, 0.1) is 11.6 Å². The molecule has 0 saturated carbocycles. The van der Waals surface area contributed by atoms with Crippen molar-refractivity contribution >= 4 is 18.7 Å². The van der Waals surface area contributed by atoms with E-state index in [1.54, 1.807) is 0 Å². The molecule has 1 aromatic carbocycles. The first-order valence-corrected chi connectivity index (χ1v) is 3.40. The first kappa shape index (κ1) is 9.15. The highest BCUT2D eigenvalue weighted by Crippen LogP contribution is 2.11. The number of benzene rings is 1. The maximum Gasteiger partial charge on any atom is 0.471 e. The highest BCUT2D eigenvalue weighted by atomic mass is 32.1. The van der Waals surface area contributed by atoms with Gasteiger partial charge in [0, 0.05) is 0 Å². The van der Waals surface area contributed by atoms with Gasteiger partial charge in [-0.05, 0) is 12.1 Å². The van der Waals surface area contributed by atoms with Crippen LogP contribution in [0.5, 0.6) is 0 Å². The van der Waals surface area contributed by atoms with Crippen molar-refractivity contribution in [3.8, 4) is 0 Å². The number of hydrogen-bond acceptors (Lipinski definition) is 2. The molecule has 2 nitrogen and oxygen atoms in total. The summed E-state index contributed by atoms with van der Waals surface area (Å²) in [6, 6.07) is 3.29. The van der Waals surface area contributed by atoms with E-state index in [1.807, 2.05) is 0 Å². The molecule has 0 aliphatic rings. The number of hydrogen-bond donors (Lipinski definition) is 1. The topological polar surface area (TPSA) is 31.2 Å². The van der Waals surface area contributed by atoms with Gasteiger partial charge in [0.1, 0.15) is 5.56 Å². The number of rotatable bonds is 1. The van der Waals surface area contributed by atoms with Crippen molar-refractivity contribution in [2.75, 3.05) is 0 Å². The van der Waals surface area contributed by atoms with Gasteiger partial charge >= 0.3 is 5.91 Å². The van der Waals surface area contributed by atoms with Crippen LogP contribution >= 0.6 is 12.8 Å². The first-order chi connectivity index (χ1) is 5.66. The Labute approximate surface area is 73.1 Å². The molecule has 0 spiro atoms. The zero-order valence-electron chi connectivity index (χ0n) is 5.79. The van der Waals surface area contributed by atoms with Gasteiger partial charge in [-0.1, -0.05) is 6.07 Å². The van der Waals surface area contributed by atoms with Crippen LogP contribution in [-0.2, 0) is 0 Å². The lowest BCUT2D eigenvalue weighted by Gasteiger charge is -1.92. The second kappa shape index (κ2) is 3.64. The highest BCUT2D eigenvalue weighted by Gasteiger charge is 2.24. The molecule has 0 unspecified atom stereocenters. The smallest absolute Gasteiger partial charge is 0.212 e. The third-order valence-electron chi connectivity index (χ3n) is 1.27. The van der Waals surface area contributed by atoms with Crippen molar-refractivity contribution in [3.05, 3.63) is 35.4 Å². The van der Waals surface area contributed by atoms with Gasteiger partial charge in [0.15, 0.2) is 24.4 Å². The monoisotopic (exact) mass is 188 g/mol. The van der Waals surface area contributed by atoms with Crippen LogP contribution in [0.3, 0.4) is 0 Å². The summed E-state index contributed by atoms with van der Waals surface area (Å²) in [5.41, 5.74) is -0.412. The van der Waals surface area contributed by atoms with Crippen LogP contribution in [0.2, 0.25) is 0 Å². The van der Waals surface area contributed by atoms with Crippen LogP contribution in [0.1, 0.15) is 10.4 Å². The maximum absolute atomic E-state index is 12.7. The highest BCUT2D eigenvalue weighted by molar-refractivity contribution is 7.78. The first-order valence-electron chi connectivity index (χ1n) is 3.00. The quantitative estimate of drug-likeness (QED) is 0.666. The van der Waals surface area contributed by atoms with Gasteiger partial charge in [-0.15, -0.1) is 0 Å². The number of amides is 1. The Kier molecular flexibility index (Phi) is 2.78. The lowest BCUT2D eigenvalue weighted by molar-refractivity contribution is 0.0977. The Hall–Kier alpha value is -0.940. The molecule has 1 amide bonds. The normalized spacial score (nSPS) is 9.92. The minimum atomic E-state index is -1.19. The summed E-state index contributed by atoms with van der Waals surface area (Å²) in [5.74, 6) is -3.16. The molecule has 2 radical (unpaired) electrons. The second-order valence-corrected chi connectivity index (χ2v) is 2.21. The fourth-order valence-electron chi connectivity index (χ4n) is 0.723. The molecule has 0 aromatic heterocycles. The molecule has 0 saturated heterocycles. The fourth-order valence-corrected chi connectivity index (χ4v) is 0.831. The predicted octanol–water partition coefficient (Wildman–Crippen LogP) is 1.55. The summed E-state index contributed by atoms with van der Waals surface area (Å²) in [5, 5.41) is 0. The van der Waals surface area contributed by atoms with Gasteiger partial charge < -0.3 is 0 Å². The van der Waals surface area contributed by atoms with Crippen molar-refractivity contribution in [1.29, 1.82) is 0 Å². The Bertz CT molecular complexity index is 316. The molecular formula is C7H4F2NOS+. The van der Waals surface area contributed by atoms with Crippen molar-refractivity contribution in [1.82, 2.24) is 4.72 Å². The third kappa shape index (κ3) is 1.62. The molecule has 12 heavy (non-hydrogen) atoms. The molecule has 0 aliphatic heterocycles. The van der Waals surface area contributed by atoms with Gasteiger partial charge in [-0.2, -0.15) is 0 Å². The summed E-state index contributed by atoms with van der Waals surface area (Å²) in [7, 11) is 0. The molecule has 1 aromatic rings. The maximum atomic E-state index is 12.7. The average Bonchev–Trinajstić information content (AvgIpc) is 2.08. The molecule has 62 valence electrons. The lowest BCUT2D eigenvalue weighted by atomic mass is 10.2. The van der Waals surface area contributed by atoms with Crippen molar-refractivity contribution in [2.45, 2.75) is 0 Å². The number of halogens is 2. The summed E-state index contributed by atoms with van der Waals surface area (Å²) >= 11 is 3.29. The van der Waals surface area contributed by atoms with Crippen molar-refractivity contribution < 1.29 is 13.6 Å². The number of thiol groups is 1. The van der Waals surface area contributed by atoms with E-state index in [9.17, 15) is 13.6 Å². The zero-order chi connectivity index (χ0) is 9.14. The number of carbonyl (C=O) groups is 1. The molecule has 5 heteroatoms. The van der Waals surface area contributed by atoms with E-state index in [0.29, 0.717) is 0 Å². The Morgan fingerprint density at radius 1 is 1.42 bits per heavy atom. The molecular weight excluding hydrogens is 184 g/mol. The molecule has 0 bridgehead atoms. The van der Waals surface area contributed by atoms with E-state index in [2.05, 4.69) is 17.5 Å². The SMILES string of the molecule is O=C([N+]S)c1cccc(F)c1F. The van der Waals surface area contributed by atoms with Crippen molar-refractivity contribution in [2.24, 2.45) is 0 Å². The third-order valence-corrected chi connectivity index (χ3v) is 1.45. The molecule has 0 N–H and O–H groups in total.